The van der Waals surface area contributed by atoms with E-state index in [1.807, 2.05) is 0 Å². The molecule has 1 saturated carbocycles. The summed E-state index contributed by atoms with van der Waals surface area (Å²) < 4.78 is 0. The quantitative estimate of drug-likeness (QED) is 0.708. The predicted molar refractivity (Wildman–Crippen MR) is 70.4 cm³/mol. The third-order valence-electron chi connectivity index (χ3n) is 4.52. The summed E-state index contributed by atoms with van der Waals surface area (Å²) in [7, 11) is 0. The molecule has 0 aliphatic heterocycles. The van der Waals surface area contributed by atoms with Gasteiger partial charge in [0.2, 0.25) is 0 Å². The van der Waals surface area contributed by atoms with Crippen LogP contribution in [0.2, 0.25) is 0 Å². The first-order valence-electron chi connectivity index (χ1n) is 7.09. The highest BCUT2D eigenvalue weighted by atomic mass is 16.3. The Morgan fingerprint density at radius 1 is 1.06 bits per heavy atom. The van der Waals surface area contributed by atoms with Crippen molar-refractivity contribution in [3.8, 4) is 0 Å². The highest BCUT2D eigenvalue weighted by Crippen LogP contribution is 2.33. The molecular weight excluding hydrogens is 196 g/mol. The summed E-state index contributed by atoms with van der Waals surface area (Å²) in [5.41, 5.74) is 0.325. The molecule has 1 N–H and O–H groups in total. The predicted octanol–water partition coefficient (Wildman–Crippen LogP) is 4.39. The molecule has 0 saturated heterocycles. The Hall–Kier alpha value is -0.0400. The van der Waals surface area contributed by atoms with E-state index in [0.717, 1.165) is 6.42 Å². The van der Waals surface area contributed by atoms with Gasteiger partial charge >= 0.3 is 0 Å². The average molecular weight is 226 g/mol. The van der Waals surface area contributed by atoms with Crippen molar-refractivity contribution in [2.45, 2.75) is 78.7 Å². The van der Waals surface area contributed by atoms with Crippen LogP contribution in [0.15, 0.2) is 0 Å². The maximum atomic E-state index is 10.3. The van der Waals surface area contributed by atoms with Crippen molar-refractivity contribution >= 4 is 0 Å². The molecule has 1 fully saturated rings. The van der Waals surface area contributed by atoms with Crippen LogP contribution in [0.1, 0.15) is 72.6 Å². The Kier molecular flexibility index (Phi) is 5.30. The lowest BCUT2D eigenvalue weighted by Crippen LogP contribution is -2.27. The van der Waals surface area contributed by atoms with Crippen LogP contribution in [-0.2, 0) is 0 Å². The topological polar surface area (TPSA) is 20.2 Å². The van der Waals surface area contributed by atoms with Crippen LogP contribution in [0, 0.1) is 17.3 Å². The van der Waals surface area contributed by atoms with Crippen molar-refractivity contribution < 1.29 is 5.11 Å². The second-order valence-electron chi connectivity index (χ2n) is 6.82. The summed E-state index contributed by atoms with van der Waals surface area (Å²) in [6.07, 6.45) is 8.81. The third kappa shape index (κ3) is 4.45. The number of hydrogen-bond donors (Lipinski definition) is 1. The second kappa shape index (κ2) is 6.05. The van der Waals surface area contributed by atoms with Crippen molar-refractivity contribution in [1.29, 1.82) is 0 Å². The lowest BCUT2D eigenvalue weighted by atomic mass is 9.76. The molecule has 0 heterocycles. The lowest BCUT2D eigenvalue weighted by molar-refractivity contribution is 0.0552. The van der Waals surface area contributed by atoms with Crippen LogP contribution < -0.4 is 0 Å². The fourth-order valence-electron chi connectivity index (χ4n) is 2.60. The summed E-state index contributed by atoms with van der Waals surface area (Å²) in [5.74, 6) is 1.18. The first-order valence-corrected chi connectivity index (χ1v) is 7.09. The zero-order valence-corrected chi connectivity index (χ0v) is 11.6. The van der Waals surface area contributed by atoms with Crippen LogP contribution >= 0.6 is 0 Å². The Balaban J connectivity index is 2.41. The summed E-state index contributed by atoms with van der Waals surface area (Å²) >= 11 is 0. The standard InChI is InChI=1S/C15H30O/c1-12(15(2,3)4)11-14(16)13-9-7-5-6-8-10-13/h12-14,16H,5-11H2,1-4H3. The first-order chi connectivity index (χ1) is 7.41. The van der Waals surface area contributed by atoms with Gasteiger partial charge in [-0.3, -0.25) is 0 Å². The van der Waals surface area contributed by atoms with Crippen molar-refractivity contribution in [2.24, 2.45) is 17.3 Å². The van der Waals surface area contributed by atoms with Crippen LogP contribution in [0.4, 0.5) is 0 Å². The van der Waals surface area contributed by atoms with E-state index in [1.54, 1.807) is 0 Å². The average Bonchev–Trinajstić information content (AvgIpc) is 2.43. The van der Waals surface area contributed by atoms with E-state index in [-0.39, 0.29) is 6.10 Å². The molecule has 96 valence electrons. The molecule has 2 unspecified atom stereocenters. The zero-order chi connectivity index (χ0) is 12.2. The molecule has 2 atom stereocenters. The molecule has 0 bridgehead atoms. The molecule has 0 amide bonds. The Labute approximate surface area is 102 Å². The lowest BCUT2D eigenvalue weighted by Gasteiger charge is -2.31. The van der Waals surface area contributed by atoms with Crippen LogP contribution in [0.3, 0.4) is 0 Å². The molecule has 16 heavy (non-hydrogen) atoms. The van der Waals surface area contributed by atoms with Gasteiger partial charge in [-0.15, -0.1) is 0 Å². The molecule has 1 aliphatic carbocycles. The Morgan fingerprint density at radius 3 is 2.00 bits per heavy atom. The van der Waals surface area contributed by atoms with E-state index < -0.39 is 0 Å². The maximum absolute atomic E-state index is 10.3. The minimum atomic E-state index is -0.0627. The van der Waals surface area contributed by atoms with Gasteiger partial charge in [0, 0.05) is 0 Å². The molecule has 0 spiro atoms. The van der Waals surface area contributed by atoms with Crippen LogP contribution in [0.5, 0.6) is 0 Å². The highest BCUT2D eigenvalue weighted by molar-refractivity contribution is 4.78. The van der Waals surface area contributed by atoms with Crippen molar-refractivity contribution in [1.82, 2.24) is 0 Å². The van der Waals surface area contributed by atoms with Crippen molar-refractivity contribution in [2.75, 3.05) is 0 Å². The fourth-order valence-corrected chi connectivity index (χ4v) is 2.60. The van der Waals surface area contributed by atoms with E-state index in [1.165, 1.54) is 38.5 Å². The highest BCUT2D eigenvalue weighted by Gasteiger charge is 2.27. The minimum Gasteiger partial charge on any atom is -0.393 e. The van der Waals surface area contributed by atoms with Gasteiger partial charge in [0.1, 0.15) is 0 Å². The molecule has 0 aromatic heterocycles. The molecular formula is C15H30O. The van der Waals surface area contributed by atoms with Crippen molar-refractivity contribution in [3.63, 3.8) is 0 Å². The second-order valence-corrected chi connectivity index (χ2v) is 6.82. The first kappa shape index (κ1) is 14.0. The molecule has 0 radical (unpaired) electrons. The Bertz CT molecular complexity index is 184. The normalized spacial score (nSPS) is 23.8. The molecule has 0 aromatic rings. The smallest absolute Gasteiger partial charge is 0.0571 e. The largest absolute Gasteiger partial charge is 0.393 e. The molecule has 1 nitrogen and oxygen atoms in total. The molecule has 0 aromatic carbocycles. The summed E-state index contributed by atoms with van der Waals surface area (Å²) in [5, 5.41) is 10.3. The van der Waals surface area contributed by atoms with Crippen LogP contribution in [-0.4, -0.2) is 11.2 Å². The number of rotatable bonds is 3. The van der Waals surface area contributed by atoms with E-state index in [9.17, 15) is 5.11 Å². The number of hydrogen-bond acceptors (Lipinski definition) is 1. The van der Waals surface area contributed by atoms with Gasteiger partial charge in [-0.2, -0.15) is 0 Å². The van der Waals surface area contributed by atoms with E-state index >= 15 is 0 Å². The van der Waals surface area contributed by atoms with Crippen molar-refractivity contribution in [3.05, 3.63) is 0 Å². The van der Waals surface area contributed by atoms with Gasteiger partial charge in [0.05, 0.1) is 6.10 Å². The monoisotopic (exact) mass is 226 g/mol. The van der Waals surface area contributed by atoms with E-state index in [2.05, 4.69) is 27.7 Å². The molecule has 1 aliphatic rings. The van der Waals surface area contributed by atoms with Gasteiger partial charge in [-0.1, -0.05) is 53.4 Å². The SMILES string of the molecule is CC(CC(O)C1CCCCCC1)C(C)(C)C. The summed E-state index contributed by atoms with van der Waals surface area (Å²) in [6.45, 7) is 9.10. The maximum Gasteiger partial charge on any atom is 0.0571 e. The zero-order valence-electron chi connectivity index (χ0n) is 11.6. The number of aliphatic hydroxyl groups is 1. The van der Waals surface area contributed by atoms with Gasteiger partial charge in [0.25, 0.3) is 0 Å². The molecule has 1 heteroatoms. The molecule has 1 rings (SSSR count). The van der Waals surface area contributed by atoms with Gasteiger partial charge < -0.3 is 5.11 Å². The summed E-state index contributed by atoms with van der Waals surface area (Å²) in [6, 6.07) is 0. The van der Waals surface area contributed by atoms with E-state index in [4.69, 9.17) is 0 Å². The van der Waals surface area contributed by atoms with Gasteiger partial charge in [-0.05, 0) is 36.5 Å². The number of aliphatic hydroxyl groups excluding tert-OH is 1. The third-order valence-corrected chi connectivity index (χ3v) is 4.52. The van der Waals surface area contributed by atoms with Gasteiger partial charge in [-0.25, -0.2) is 0 Å². The Morgan fingerprint density at radius 2 is 1.56 bits per heavy atom. The van der Waals surface area contributed by atoms with Crippen LogP contribution in [0.25, 0.3) is 0 Å². The van der Waals surface area contributed by atoms with Gasteiger partial charge in [0.15, 0.2) is 0 Å². The fraction of sp³-hybridized carbons (Fsp3) is 1.00. The summed E-state index contributed by atoms with van der Waals surface area (Å²) in [4.78, 5) is 0. The minimum absolute atomic E-state index is 0.0627. The van der Waals surface area contributed by atoms with E-state index in [0.29, 0.717) is 17.3 Å².